The number of rotatable bonds is 4. The average molecular weight is 160 g/mol. The monoisotopic (exact) mass is 160 g/mol. The maximum Gasteiger partial charge on any atom is 0.245 e. The van der Waals surface area contributed by atoms with Crippen molar-refractivity contribution in [3.8, 4) is 0 Å². The van der Waals surface area contributed by atoms with Gasteiger partial charge in [0.25, 0.3) is 0 Å². The van der Waals surface area contributed by atoms with Crippen molar-refractivity contribution < 1.29 is 9.90 Å². The summed E-state index contributed by atoms with van der Waals surface area (Å²) >= 11 is 0. The van der Waals surface area contributed by atoms with Crippen molar-refractivity contribution in [3.63, 3.8) is 0 Å². The second-order valence-corrected chi connectivity index (χ2v) is 1.81. The first-order valence-electron chi connectivity index (χ1n) is 3.09. The summed E-state index contributed by atoms with van der Waals surface area (Å²) in [5.74, 6) is -0.445. The summed E-state index contributed by atoms with van der Waals surface area (Å²) in [6.07, 6.45) is 0. The number of amides is 1. The number of carbonyl (C=O) groups excluding carboxylic acids is 1. The van der Waals surface area contributed by atoms with E-state index in [1.807, 2.05) is 0 Å². The second-order valence-electron chi connectivity index (χ2n) is 1.81. The van der Waals surface area contributed by atoms with Gasteiger partial charge in [-0.15, -0.1) is 0 Å². The molecule has 0 saturated heterocycles. The third-order valence-electron chi connectivity index (χ3n) is 0.872. The maximum atomic E-state index is 10.4. The van der Waals surface area contributed by atoms with Crippen LogP contribution in [0.1, 0.15) is 0 Å². The summed E-state index contributed by atoms with van der Waals surface area (Å²) in [5.41, 5.74) is 10.0. The summed E-state index contributed by atoms with van der Waals surface area (Å²) in [7, 11) is 0. The maximum absolute atomic E-state index is 10.4. The molecule has 0 unspecified atom stereocenters. The molecule has 0 atom stereocenters. The minimum Gasteiger partial charge on any atom is -0.387 e. The molecular weight excluding hydrogens is 148 g/mol. The normalized spacial score (nSPS) is 8.82. The molecular formula is C5H12N4O2. The number of nitrogens with one attached hydrogen (secondary N) is 1. The third kappa shape index (κ3) is 6.59. The molecule has 0 aromatic rings. The van der Waals surface area contributed by atoms with Gasteiger partial charge in [0, 0.05) is 6.54 Å². The molecule has 0 saturated carbocycles. The van der Waals surface area contributed by atoms with Crippen molar-refractivity contribution >= 4 is 11.9 Å². The van der Waals surface area contributed by atoms with E-state index in [4.69, 9.17) is 16.6 Å². The van der Waals surface area contributed by atoms with Crippen LogP contribution in [0.4, 0.5) is 0 Å². The molecule has 0 aliphatic rings. The molecule has 0 bridgehead atoms. The van der Waals surface area contributed by atoms with Crippen molar-refractivity contribution in [2.75, 3.05) is 19.7 Å². The lowest BCUT2D eigenvalue weighted by molar-refractivity contribution is -0.123. The average Bonchev–Trinajstić information content (AvgIpc) is 1.97. The van der Waals surface area contributed by atoms with Gasteiger partial charge in [0.2, 0.25) is 5.91 Å². The Labute approximate surface area is 64.3 Å². The molecule has 1 amide bonds. The van der Waals surface area contributed by atoms with Gasteiger partial charge >= 0.3 is 0 Å². The van der Waals surface area contributed by atoms with E-state index in [2.05, 4.69) is 10.3 Å². The van der Waals surface area contributed by atoms with E-state index < -0.39 is 12.5 Å². The first-order valence-corrected chi connectivity index (χ1v) is 3.09. The van der Waals surface area contributed by atoms with Gasteiger partial charge in [-0.2, -0.15) is 0 Å². The van der Waals surface area contributed by atoms with Gasteiger partial charge in [0.15, 0.2) is 5.96 Å². The van der Waals surface area contributed by atoms with Gasteiger partial charge in [-0.05, 0) is 0 Å². The first kappa shape index (κ1) is 9.70. The SMILES string of the molecule is NC(N)=NCCNC(=O)CO. The van der Waals surface area contributed by atoms with E-state index >= 15 is 0 Å². The van der Waals surface area contributed by atoms with E-state index in [-0.39, 0.29) is 5.96 Å². The number of aliphatic hydroxyl groups excluding tert-OH is 1. The fraction of sp³-hybridized carbons (Fsp3) is 0.600. The van der Waals surface area contributed by atoms with Crippen LogP contribution in [0.25, 0.3) is 0 Å². The number of guanidine groups is 1. The molecule has 0 radical (unpaired) electrons. The molecule has 0 fully saturated rings. The number of nitrogens with zero attached hydrogens (tertiary/aromatic N) is 1. The second kappa shape index (κ2) is 5.48. The summed E-state index contributed by atoms with van der Waals surface area (Å²) in [6, 6.07) is 0. The van der Waals surface area contributed by atoms with Gasteiger partial charge in [-0.3, -0.25) is 9.79 Å². The van der Waals surface area contributed by atoms with Crippen molar-refractivity contribution in [1.82, 2.24) is 5.32 Å². The van der Waals surface area contributed by atoms with Gasteiger partial charge in [-0.1, -0.05) is 0 Å². The zero-order valence-electron chi connectivity index (χ0n) is 6.08. The fourth-order valence-corrected chi connectivity index (χ4v) is 0.436. The number of aliphatic hydroxyl groups is 1. The Morgan fingerprint density at radius 3 is 2.64 bits per heavy atom. The van der Waals surface area contributed by atoms with E-state index in [9.17, 15) is 4.79 Å². The van der Waals surface area contributed by atoms with E-state index in [0.29, 0.717) is 13.1 Å². The van der Waals surface area contributed by atoms with Crippen molar-refractivity contribution in [1.29, 1.82) is 0 Å². The van der Waals surface area contributed by atoms with Crippen LogP contribution in [0, 0.1) is 0 Å². The lowest BCUT2D eigenvalue weighted by atomic mass is 10.5. The van der Waals surface area contributed by atoms with Crippen LogP contribution in [-0.4, -0.2) is 36.7 Å². The van der Waals surface area contributed by atoms with Crippen LogP contribution in [0.5, 0.6) is 0 Å². The highest BCUT2D eigenvalue weighted by Crippen LogP contribution is 1.67. The van der Waals surface area contributed by atoms with Gasteiger partial charge in [0.05, 0.1) is 6.54 Å². The zero-order chi connectivity index (χ0) is 8.69. The highest BCUT2D eigenvalue weighted by molar-refractivity contribution is 5.77. The topological polar surface area (TPSA) is 114 Å². The number of hydrogen-bond acceptors (Lipinski definition) is 3. The molecule has 0 aromatic heterocycles. The molecule has 6 nitrogen and oxygen atoms in total. The van der Waals surface area contributed by atoms with Crippen molar-refractivity contribution in [3.05, 3.63) is 0 Å². The minimum absolute atomic E-state index is 0.0109. The van der Waals surface area contributed by atoms with Crippen molar-refractivity contribution in [2.24, 2.45) is 16.5 Å². The fourth-order valence-electron chi connectivity index (χ4n) is 0.436. The summed E-state index contributed by atoms with van der Waals surface area (Å²) < 4.78 is 0. The Kier molecular flexibility index (Phi) is 4.83. The van der Waals surface area contributed by atoms with Gasteiger partial charge in [-0.25, -0.2) is 0 Å². The summed E-state index contributed by atoms with van der Waals surface area (Å²) in [6.45, 7) is 0.146. The molecule has 0 aliphatic heterocycles. The Bertz CT molecular complexity index is 153. The van der Waals surface area contributed by atoms with Crippen LogP contribution in [0.15, 0.2) is 4.99 Å². The third-order valence-corrected chi connectivity index (χ3v) is 0.872. The highest BCUT2D eigenvalue weighted by atomic mass is 16.3. The predicted molar refractivity (Wildman–Crippen MR) is 40.8 cm³/mol. The van der Waals surface area contributed by atoms with Gasteiger partial charge < -0.3 is 21.9 Å². The predicted octanol–water partition coefficient (Wildman–Crippen LogP) is -2.63. The number of carbonyl (C=O) groups is 1. The molecule has 6 heteroatoms. The lowest BCUT2D eigenvalue weighted by Crippen LogP contribution is -2.30. The van der Waals surface area contributed by atoms with Crippen LogP contribution in [-0.2, 0) is 4.79 Å². The van der Waals surface area contributed by atoms with Crippen LogP contribution in [0.3, 0.4) is 0 Å². The van der Waals surface area contributed by atoms with Crippen LogP contribution >= 0.6 is 0 Å². The Balaban J connectivity index is 3.28. The number of hydrogen-bond donors (Lipinski definition) is 4. The van der Waals surface area contributed by atoms with E-state index in [0.717, 1.165) is 0 Å². The molecule has 64 valence electrons. The summed E-state index contributed by atoms with van der Waals surface area (Å²) in [5, 5.41) is 10.6. The molecule has 11 heavy (non-hydrogen) atoms. The van der Waals surface area contributed by atoms with Crippen LogP contribution < -0.4 is 16.8 Å². The zero-order valence-corrected chi connectivity index (χ0v) is 6.08. The molecule has 6 N–H and O–H groups in total. The number of aliphatic imine (C=N–C) groups is 1. The molecule has 0 aromatic carbocycles. The molecule has 0 rings (SSSR count). The van der Waals surface area contributed by atoms with Crippen molar-refractivity contribution in [2.45, 2.75) is 0 Å². The smallest absolute Gasteiger partial charge is 0.245 e. The Hall–Kier alpha value is -1.30. The van der Waals surface area contributed by atoms with Crippen LogP contribution in [0.2, 0.25) is 0 Å². The standard InChI is InChI=1S/C5H12N4O2/c6-5(7)9-2-1-8-4(11)3-10/h10H,1-3H2,(H,8,11)(H4,6,7,9). The quantitative estimate of drug-likeness (QED) is 0.204. The van der Waals surface area contributed by atoms with E-state index in [1.54, 1.807) is 0 Å². The van der Waals surface area contributed by atoms with E-state index in [1.165, 1.54) is 0 Å². The summed E-state index contributed by atoms with van der Waals surface area (Å²) in [4.78, 5) is 14.0. The first-order chi connectivity index (χ1) is 5.16. The lowest BCUT2D eigenvalue weighted by Gasteiger charge is -1.98. The number of nitrogens with two attached hydrogens (primary N) is 2. The molecule has 0 spiro atoms. The highest BCUT2D eigenvalue weighted by Gasteiger charge is 1.94. The van der Waals surface area contributed by atoms with Gasteiger partial charge in [0.1, 0.15) is 6.61 Å². The largest absolute Gasteiger partial charge is 0.387 e. The molecule has 0 heterocycles. The molecule has 0 aliphatic carbocycles. The Morgan fingerprint density at radius 1 is 1.55 bits per heavy atom. The minimum atomic E-state index is -0.512. The Morgan fingerprint density at radius 2 is 2.18 bits per heavy atom.